The molecule has 0 radical (unpaired) electrons. The van der Waals surface area contributed by atoms with Gasteiger partial charge in [-0.25, -0.2) is 0 Å². The molecule has 0 heterocycles. The van der Waals surface area contributed by atoms with Gasteiger partial charge in [-0.05, 0) is 56.9 Å². The van der Waals surface area contributed by atoms with Gasteiger partial charge in [-0.1, -0.05) is 53.4 Å². The molecule has 0 aromatic carbocycles. The van der Waals surface area contributed by atoms with Gasteiger partial charge in [-0.15, -0.1) is 0 Å². The maximum atomic E-state index is 12.9. The van der Waals surface area contributed by atoms with Crippen molar-refractivity contribution in [1.82, 2.24) is 21.3 Å². The van der Waals surface area contributed by atoms with Crippen molar-refractivity contribution in [3.8, 4) is 0 Å². The van der Waals surface area contributed by atoms with Gasteiger partial charge in [0.15, 0.2) is 0 Å². The van der Waals surface area contributed by atoms with Crippen LogP contribution in [0.5, 0.6) is 0 Å². The molecule has 320 valence electrons. The van der Waals surface area contributed by atoms with Crippen LogP contribution in [-0.2, 0) is 47.7 Å². The average molecular weight is 791 g/mol. The van der Waals surface area contributed by atoms with E-state index in [1.165, 1.54) is 6.42 Å². The van der Waals surface area contributed by atoms with Crippen molar-refractivity contribution in [3.05, 3.63) is 0 Å². The molecule has 0 aliphatic carbocycles. The standard InChI is InChI=1S/C39H71FN4O11/c1-30(2)11-5-6-14-34(45)33(41-17-9-7-12-31(3)4)13-8-10-18-42-37(48)28-54-25-24-53-22-20-44-38(49)29-55-26-23-52-21-19-43-36(47)16-15-32(39(50)51)27-35(40)46/h30-33,41H,5-29H2,1-4H3,(H,42,48)(H,43,47)(H,44,49)(H,50,51)/t32-,33-/m1/s1. The molecule has 0 aliphatic heterocycles. The predicted octanol–water partition coefficient (Wildman–Crippen LogP) is 3.51. The van der Waals surface area contributed by atoms with Gasteiger partial charge in [0.1, 0.15) is 19.0 Å². The van der Waals surface area contributed by atoms with E-state index in [-0.39, 0.29) is 96.6 Å². The smallest absolute Gasteiger partial charge is 0.307 e. The normalized spacial score (nSPS) is 12.4. The summed E-state index contributed by atoms with van der Waals surface area (Å²) in [6, 6.07) is -1.86. The van der Waals surface area contributed by atoms with E-state index in [9.17, 15) is 33.2 Å². The number of nitrogens with one attached hydrogen (secondary N) is 4. The van der Waals surface area contributed by atoms with Gasteiger partial charge in [0.25, 0.3) is 0 Å². The average Bonchev–Trinajstić information content (AvgIpc) is 3.12. The summed E-state index contributed by atoms with van der Waals surface area (Å²) in [7, 11) is 0. The minimum Gasteiger partial charge on any atom is -0.481 e. The van der Waals surface area contributed by atoms with Crippen molar-refractivity contribution in [1.29, 1.82) is 0 Å². The summed E-state index contributed by atoms with van der Waals surface area (Å²) in [6.45, 7) is 11.7. The molecule has 0 fully saturated rings. The van der Waals surface area contributed by atoms with Gasteiger partial charge in [0, 0.05) is 32.5 Å². The molecule has 3 amide bonds. The van der Waals surface area contributed by atoms with Crippen molar-refractivity contribution in [3.63, 3.8) is 0 Å². The Kier molecular flexibility index (Phi) is 33.4. The molecular formula is C39H71FN4O11. The Morgan fingerprint density at radius 3 is 1.58 bits per heavy atom. The van der Waals surface area contributed by atoms with E-state index in [1.54, 1.807) is 0 Å². The highest BCUT2D eigenvalue weighted by Gasteiger charge is 2.22. The molecule has 5 N–H and O–H groups in total. The van der Waals surface area contributed by atoms with Crippen LogP contribution in [0.1, 0.15) is 111 Å². The number of amides is 3. The Morgan fingerprint density at radius 2 is 1.04 bits per heavy atom. The number of carboxylic acid groups (broad SMARTS) is 1. The number of unbranched alkanes of at least 4 members (excludes halogenated alkanes) is 3. The molecule has 0 saturated heterocycles. The highest BCUT2D eigenvalue weighted by atomic mass is 19.1. The summed E-state index contributed by atoms with van der Waals surface area (Å²) in [5.41, 5.74) is 0. The number of Topliss-reactive ketones (excluding diaryl/α,β-unsaturated/α-hetero) is 1. The maximum absolute atomic E-state index is 12.9. The number of carboxylic acids is 1. The first kappa shape index (κ1) is 52.0. The van der Waals surface area contributed by atoms with Gasteiger partial charge in [-0.2, -0.15) is 4.39 Å². The second kappa shape index (κ2) is 35.4. The fourth-order valence-electron chi connectivity index (χ4n) is 5.36. The molecule has 0 rings (SSSR count). The lowest BCUT2D eigenvalue weighted by molar-refractivity contribution is -0.146. The molecule has 0 aromatic heterocycles. The van der Waals surface area contributed by atoms with Crippen molar-refractivity contribution >= 4 is 35.5 Å². The van der Waals surface area contributed by atoms with Gasteiger partial charge < -0.3 is 45.3 Å². The van der Waals surface area contributed by atoms with E-state index in [1.807, 2.05) is 0 Å². The molecule has 0 spiro atoms. The van der Waals surface area contributed by atoms with Gasteiger partial charge in [0.2, 0.25) is 17.7 Å². The predicted molar refractivity (Wildman–Crippen MR) is 206 cm³/mol. The van der Waals surface area contributed by atoms with Crippen LogP contribution in [0.3, 0.4) is 0 Å². The third-order valence-corrected chi connectivity index (χ3v) is 8.51. The van der Waals surface area contributed by atoms with Crippen LogP contribution in [0.2, 0.25) is 0 Å². The van der Waals surface area contributed by atoms with E-state index < -0.39 is 30.3 Å². The van der Waals surface area contributed by atoms with Crippen LogP contribution >= 0.6 is 0 Å². The molecule has 16 heteroatoms. The van der Waals surface area contributed by atoms with E-state index in [2.05, 4.69) is 49.0 Å². The molecule has 55 heavy (non-hydrogen) atoms. The number of rotatable bonds is 39. The molecular weight excluding hydrogens is 719 g/mol. The lowest BCUT2D eigenvalue weighted by atomic mass is 9.98. The summed E-state index contributed by atoms with van der Waals surface area (Å²) in [6.07, 6.45) is 8.52. The minimum absolute atomic E-state index is 0.0765. The zero-order valence-electron chi connectivity index (χ0n) is 33.9. The van der Waals surface area contributed by atoms with Crippen LogP contribution in [0.4, 0.5) is 4.39 Å². The summed E-state index contributed by atoms with van der Waals surface area (Å²) in [5, 5.41) is 20.5. The summed E-state index contributed by atoms with van der Waals surface area (Å²) in [5.74, 6) is -1.91. The highest BCUT2D eigenvalue weighted by Crippen LogP contribution is 2.14. The first-order chi connectivity index (χ1) is 26.3. The Labute approximate surface area is 327 Å². The molecule has 0 saturated carbocycles. The monoisotopic (exact) mass is 791 g/mol. The van der Waals surface area contributed by atoms with Crippen LogP contribution in [0.25, 0.3) is 0 Å². The lowest BCUT2D eigenvalue weighted by Gasteiger charge is -2.18. The highest BCUT2D eigenvalue weighted by molar-refractivity contribution is 5.84. The van der Waals surface area contributed by atoms with Crippen LogP contribution in [0, 0.1) is 17.8 Å². The molecule has 0 unspecified atom stereocenters. The van der Waals surface area contributed by atoms with Crippen molar-refractivity contribution in [2.24, 2.45) is 17.8 Å². The van der Waals surface area contributed by atoms with Crippen LogP contribution in [-0.4, -0.2) is 126 Å². The first-order valence-electron chi connectivity index (χ1n) is 20.1. The first-order valence-corrected chi connectivity index (χ1v) is 20.1. The fraction of sp³-hybridized carbons (Fsp3) is 0.846. The number of aliphatic carboxylic acids is 1. The summed E-state index contributed by atoms with van der Waals surface area (Å²) >= 11 is 0. The number of ketones is 1. The molecule has 2 atom stereocenters. The number of hydrogen-bond donors (Lipinski definition) is 5. The van der Waals surface area contributed by atoms with Crippen molar-refractivity contribution in [2.45, 2.75) is 117 Å². The summed E-state index contributed by atoms with van der Waals surface area (Å²) in [4.78, 5) is 70.2. The third kappa shape index (κ3) is 35.1. The molecule has 0 aromatic rings. The van der Waals surface area contributed by atoms with E-state index >= 15 is 0 Å². The Morgan fingerprint density at radius 1 is 0.545 bits per heavy atom. The second-order valence-electron chi connectivity index (χ2n) is 14.5. The zero-order chi connectivity index (χ0) is 41.1. The SMILES string of the molecule is CC(C)CCCCN[C@H](CCCCNC(=O)COCCOCCNC(=O)COCCOCCNC(=O)CC[C@H](CC(=O)F)C(=O)O)C(=O)CCCCC(C)C. The second-order valence-corrected chi connectivity index (χ2v) is 14.5. The number of hydrogen-bond acceptors (Lipinski definition) is 11. The zero-order valence-corrected chi connectivity index (χ0v) is 33.9. The Bertz CT molecular complexity index is 1060. The van der Waals surface area contributed by atoms with Crippen LogP contribution < -0.4 is 21.3 Å². The Hall–Kier alpha value is -3.05. The van der Waals surface area contributed by atoms with Gasteiger partial charge in [0.05, 0.1) is 58.0 Å². The van der Waals surface area contributed by atoms with Gasteiger partial charge in [-0.3, -0.25) is 28.8 Å². The molecule has 0 aliphatic rings. The number of halogens is 1. The third-order valence-electron chi connectivity index (χ3n) is 8.51. The largest absolute Gasteiger partial charge is 0.481 e. The molecule has 15 nitrogen and oxygen atoms in total. The van der Waals surface area contributed by atoms with Crippen molar-refractivity contribution < 1.29 is 57.2 Å². The Balaban J connectivity index is 3.82. The quantitative estimate of drug-likeness (QED) is 0.0448. The van der Waals surface area contributed by atoms with E-state index in [4.69, 9.17) is 24.1 Å². The summed E-state index contributed by atoms with van der Waals surface area (Å²) < 4.78 is 33.8. The fourth-order valence-corrected chi connectivity index (χ4v) is 5.36. The van der Waals surface area contributed by atoms with E-state index in [0.29, 0.717) is 30.6 Å². The topological polar surface area (TPSA) is 208 Å². The van der Waals surface area contributed by atoms with Crippen LogP contribution in [0.15, 0.2) is 0 Å². The maximum Gasteiger partial charge on any atom is 0.307 e. The van der Waals surface area contributed by atoms with E-state index in [0.717, 1.165) is 57.9 Å². The minimum atomic E-state index is -1.73. The molecule has 0 bridgehead atoms. The number of carbonyl (C=O) groups is 6. The van der Waals surface area contributed by atoms with Gasteiger partial charge >= 0.3 is 12.0 Å². The van der Waals surface area contributed by atoms with Crippen molar-refractivity contribution in [2.75, 3.05) is 79.0 Å². The number of ether oxygens (including phenoxy) is 4. The lowest BCUT2D eigenvalue weighted by Crippen LogP contribution is -2.37. The number of carbonyl (C=O) groups excluding carboxylic acids is 5.